The van der Waals surface area contributed by atoms with Crippen LogP contribution in [0.3, 0.4) is 0 Å². The smallest absolute Gasteiger partial charge is 0.301 e. The number of furan rings is 1. The van der Waals surface area contributed by atoms with Crippen LogP contribution in [0, 0.1) is 0 Å². The summed E-state index contributed by atoms with van der Waals surface area (Å²) in [6.07, 6.45) is 0. The van der Waals surface area contributed by atoms with E-state index in [1.54, 1.807) is 24.3 Å². The fourth-order valence-electron chi connectivity index (χ4n) is 2.40. The van der Waals surface area contributed by atoms with Crippen molar-refractivity contribution in [2.45, 2.75) is 4.90 Å². The highest BCUT2D eigenvalue weighted by Crippen LogP contribution is 2.29. The molecule has 0 saturated heterocycles. The van der Waals surface area contributed by atoms with Crippen molar-refractivity contribution in [1.29, 1.82) is 0 Å². The highest BCUT2D eigenvalue weighted by molar-refractivity contribution is 9.10. The quantitative estimate of drug-likeness (QED) is 0.554. The van der Waals surface area contributed by atoms with E-state index in [9.17, 15) is 13.2 Å². The van der Waals surface area contributed by atoms with Crippen molar-refractivity contribution in [2.75, 3.05) is 14.2 Å². The van der Waals surface area contributed by atoms with Crippen LogP contribution in [0.5, 0.6) is 11.5 Å². The molecule has 0 aliphatic heterocycles. The van der Waals surface area contributed by atoms with Crippen molar-refractivity contribution in [3.8, 4) is 11.5 Å². The molecule has 3 aromatic rings. The van der Waals surface area contributed by atoms with Gasteiger partial charge < -0.3 is 13.9 Å². The van der Waals surface area contributed by atoms with Crippen LogP contribution in [-0.4, -0.2) is 28.5 Å². The first-order valence-electron chi connectivity index (χ1n) is 7.58. The van der Waals surface area contributed by atoms with Crippen molar-refractivity contribution in [3.05, 3.63) is 52.7 Å². The molecule has 0 spiro atoms. The van der Waals surface area contributed by atoms with Gasteiger partial charge in [0.25, 0.3) is 10.0 Å². The van der Waals surface area contributed by atoms with Crippen molar-refractivity contribution in [1.82, 2.24) is 10.3 Å². The first-order valence-corrected chi connectivity index (χ1v) is 9.85. The summed E-state index contributed by atoms with van der Waals surface area (Å²) in [5, 5.41) is 0.649. The molecule has 1 aromatic heterocycles. The van der Waals surface area contributed by atoms with E-state index >= 15 is 0 Å². The molecule has 10 heteroatoms. The summed E-state index contributed by atoms with van der Waals surface area (Å²) >= 11 is 3.21. The highest BCUT2D eigenvalue weighted by atomic mass is 79.9. The number of nitrogens with one attached hydrogen (secondary N) is 2. The van der Waals surface area contributed by atoms with Crippen LogP contribution in [0.2, 0.25) is 0 Å². The summed E-state index contributed by atoms with van der Waals surface area (Å²) in [7, 11) is -1.24. The number of carbonyl (C=O) groups is 1. The van der Waals surface area contributed by atoms with Crippen molar-refractivity contribution >= 4 is 42.8 Å². The van der Waals surface area contributed by atoms with Gasteiger partial charge in [0.05, 0.1) is 14.2 Å². The Morgan fingerprint density at radius 3 is 2.52 bits per heavy atom. The number of benzene rings is 2. The number of rotatable bonds is 6. The summed E-state index contributed by atoms with van der Waals surface area (Å²) in [6, 6.07) is 11.2. The molecular weight excluding hydrogens is 440 g/mol. The first kappa shape index (κ1) is 19.2. The summed E-state index contributed by atoms with van der Waals surface area (Å²) in [5.41, 5.74) is 2.52. The zero-order valence-corrected chi connectivity index (χ0v) is 16.7. The number of ether oxygens (including phenoxy) is 2. The standard InChI is InChI=1S/C17H15BrN2O6S/c1-24-12-7-6-11(18)9-15(12)27(22,23)20-19-17(21)14-8-10-4-3-5-13(25-2)16(10)26-14/h3-9,20H,1-2H3,(H,19,21). The lowest BCUT2D eigenvalue weighted by atomic mass is 10.2. The van der Waals surface area contributed by atoms with E-state index in [1.807, 2.05) is 4.83 Å². The van der Waals surface area contributed by atoms with Gasteiger partial charge in [-0.2, -0.15) is 0 Å². The lowest BCUT2D eigenvalue weighted by Crippen LogP contribution is -2.41. The third-order valence-electron chi connectivity index (χ3n) is 3.67. The predicted octanol–water partition coefficient (Wildman–Crippen LogP) is 2.84. The average molecular weight is 455 g/mol. The second-order valence-corrected chi connectivity index (χ2v) is 7.91. The van der Waals surface area contributed by atoms with Crippen molar-refractivity contribution in [2.24, 2.45) is 0 Å². The van der Waals surface area contributed by atoms with Gasteiger partial charge in [0, 0.05) is 9.86 Å². The van der Waals surface area contributed by atoms with Crippen LogP contribution in [0.4, 0.5) is 0 Å². The van der Waals surface area contributed by atoms with E-state index < -0.39 is 15.9 Å². The van der Waals surface area contributed by atoms with Crippen LogP contribution < -0.4 is 19.7 Å². The van der Waals surface area contributed by atoms with E-state index in [1.165, 1.54) is 32.4 Å². The number of amides is 1. The van der Waals surface area contributed by atoms with Gasteiger partial charge in [-0.1, -0.05) is 28.1 Å². The molecule has 0 radical (unpaired) electrons. The van der Waals surface area contributed by atoms with E-state index in [4.69, 9.17) is 13.9 Å². The lowest BCUT2D eigenvalue weighted by Gasteiger charge is -2.11. The van der Waals surface area contributed by atoms with Crippen LogP contribution in [0.25, 0.3) is 11.0 Å². The topological polar surface area (TPSA) is 107 Å². The Balaban J connectivity index is 1.82. The SMILES string of the molecule is COc1ccc(Br)cc1S(=O)(=O)NNC(=O)c1cc2cccc(OC)c2o1. The largest absolute Gasteiger partial charge is 0.495 e. The Kier molecular flexibility index (Phi) is 5.40. The molecule has 1 amide bonds. The predicted molar refractivity (Wildman–Crippen MR) is 101 cm³/mol. The Morgan fingerprint density at radius 2 is 1.81 bits per heavy atom. The second kappa shape index (κ2) is 7.59. The Morgan fingerprint density at radius 1 is 1.07 bits per heavy atom. The molecule has 0 unspecified atom stereocenters. The Labute approximate surface area is 163 Å². The van der Waals surface area contributed by atoms with Gasteiger partial charge in [-0.25, -0.2) is 8.42 Å². The third-order valence-corrected chi connectivity index (χ3v) is 5.43. The van der Waals surface area contributed by atoms with Gasteiger partial charge in [0.2, 0.25) is 0 Å². The molecule has 0 atom stereocenters. The number of carbonyl (C=O) groups excluding carboxylic acids is 1. The maximum absolute atomic E-state index is 12.5. The minimum absolute atomic E-state index is 0.0709. The first-order chi connectivity index (χ1) is 12.9. The van der Waals surface area contributed by atoms with Gasteiger partial charge >= 0.3 is 5.91 Å². The summed E-state index contributed by atoms with van der Waals surface area (Å²) in [6.45, 7) is 0. The fraction of sp³-hybridized carbons (Fsp3) is 0.118. The molecule has 0 fully saturated rings. The van der Waals surface area contributed by atoms with E-state index in [-0.39, 0.29) is 16.4 Å². The molecule has 1 heterocycles. The zero-order valence-electron chi connectivity index (χ0n) is 14.3. The minimum Gasteiger partial charge on any atom is -0.495 e. The van der Waals surface area contributed by atoms with Gasteiger partial charge in [-0.3, -0.25) is 10.2 Å². The van der Waals surface area contributed by atoms with E-state index in [0.29, 0.717) is 21.2 Å². The van der Waals surface area contributed by atoms with Crippen LogP contribution in [0.15, 0.2) is 56.2 Å². The average Bonchev–Trinajstić information content (AvgIpc) is 3.10. The maximum atomic E-state index is 12.5. The monoisotopic (exact) mass is 454 g/mol. The van der Waals surface area contributed by atoms with Crippen LogP contribution >= 0.6 is 15.9 Å². The van der Waals surface area contributed by atoms with Gasteiger partial charge in [-0.15, -0.1) is 4.83 Å². The number of sulfonamides is 1. The maximum Gasteiger partial charge on any atom is 0.301 e. The van der Waals surface area contributed by atoms with Crippen LogP contribution in [-0.2, 0) is 10.0 Å². The van der Waals surface area contributed by atoms with Gasteiger partial charge in [0.15, 0.2) is 17.1 Å². The fourth-order valence-corrected chi connectivity index (χ4v) is 3.95. The number of hydrogen-bond donors (Lipinski definition) is 2. The summed E-state index contributed by atoms with van der Waals surface area (Å²) < 4.78 is 41.2. The molecule has 8 nitrogen and oxygen atoms in total. The summed E-state index contributed by atoms with van der Waals surface area (Å²) in [5.74, 6) is -0.233. The molecule has 27 heavy (non-hydrogen) atoms. The Bertz CT molecular complexity index is 1110. The molecule has 3 rings (SSSR count). The zero-order chi connectivity index (χ0) is 19.6. The normalized spacial score (nSPS) is 11.4. The lowest BCUT2D eigenvalue weighted by molar-refractivity contribution is 0.0919. The molecule has 2 aromatic carbocycles. The minimum atomic E-state index is -4.07. The van der Waals surface area contributed by atoms with E-state index in [2.05, 4.69) is 21.4 Å². The molecule has 0 saturated carbocycles. The number of hydrazine groups is 1. The number of halogens is 1. The second-order valence-electron chi connectivity index (χ2n) is 5.34. The molecule has 0 aliphatic rings. The number of para-hydroxylation sites is 1. The molecule has 142 valence electrons. The Hall–Kier alpha value is -2.56. The van der Waals surface area contributed by atoms with Crippen molar-refractivity contribution in [3.63, 3.8) is 0 Å². The number of methoxy groups -OCH3 is 2. The van der Waals surface area contributed by atoms with Gasteiger partial charge in [0.1, 0.15) is 10.6 Å². The molecule has 0 bridgehead atoms. The van der Waals surface area contributed by atoms with Gasteiger partial charge in [-0.05, 0) is 30.3 Å². The number of hydrogen-bond acceptors (Lipinski definition) is 6. The van der Waals surface area contributed by atoms with E-state index in [0.717, 1.165) is 0 Å². The third kappa shape index (κ3) is 3.92. The summed E-state index contributed by atoms with van der Waals surface area (Å²) in [4.78, 5) is 14.2. The molecular formula is C17H15BrN2O6S. The number of fused-ring (bicyclic) bond motifs is 1. The highest BCUT2D eigenvalue weighted by Gasteiger charge is 2.22. The van der Waals surface area contributed by atoms with Crippen molar-refractivity contribution < 1.29 is 27.1 Å². The molecule has 2 N–H and O–H groups in total. The van der Waals surface area contributed by atoms with Crippen LogP contribution in [0.1, 0.15) is 10.6 Å². The molecule has 0 aliphatic carbocycles.